The molecule has 3 heterocycles. The van der Waals surface area contributed by atoms with E-state index in [0.717, 1.165) is 37.6 Å². The van der Waals surface area contributed by atoms with Crippen molar-refractivity contribution >= 4 is 22.8 Å². The summed E-state index contributed by atoms with van der Waals surface area (Å²) in [5.41, 5.74) is 1.90. The topological polar surface area (TPSA) is 94.2 Å². The molecule has 162 valence electrons. The fraction of sp³-hybridized carbons (Fsp3) is 0.364. The molecule has 1 aliphatic rings. The average molecular weight is 424 g/mol. The number of pyridine rings is 1. The zero-order valence-corrected chi connectivity index (χ0v) is 17.6. The Balaban J connectivity index is 1.40. The molecule has 2 N–H and O–H groups in total. The maximum Gasteiger partial charge on any atom is 0.269 e. The van der Waals surface area contributed by atoms with Crippen LogP contribution in [0.1, 0.15) is 28.5 Å². The summed E-state index contributed by atoms with van der Waals surface area (Å²) in [6.07, 6.45) is 1.60. The molecule has 0 atom stereocenters. The molecule has 0 saturated carbocycles. The molecule has 4 rings (SSSR count). The van der Waals surface area contributed by atoms with Crippen molar-refractivity contribution in [2.45, 2.75) is 20.4 Å². The monoisotopic (exact) mass is 424 g/mol. The first-order valence-corrected chi connectivity index (χ1v) is 10.3. The van der Waals surface area contributed by atoms with Crippen LogP contribution < -0.4 is 15.8 Å². The van der Waals surface area contributed by atoms with Gasteiger partial charge in [0.2, 0.25) is 0 Å². The first-order chi connectivity index (χ1) is 14.9. The van der Waals surface area contributed by atoms with Crippen LogP contribution >= 0.6 is 0 Å². The van der Waals surface area contributed by atoms with E-state index in [0.29, 0.717) is 24.2 Å². The molecule has 1 saturated heterocycles. The highest BCUT2D eigenvalue weighted by Crippen LogP contribution is 2.19. The number of H-pyrrole nitrogens is 1. The number of amides is 1. The Kier molecular flexibility index (Phi) is 5.94. The van der Waals surface area contributed by atoms with Crippen molar-refractivity contribution in [3.05, 3.63) is 63.5 Å². The Morgan fingerprint density at radius 3 is 2.68 bits per heavy atom. The number of piperazine rings is 1. The van der Waals surface area contributed by atoms with Crippen molar-refractivity contribution in [2.75, 3.05) is 37.6 Å². The smallest absolute Gasteiger partial charge is 0.269 e. The van der Waals surface area contributed by atoms with Crippen molar-refractivity contribution in [3.63, 3.8) is 0 Å². The van der Waals surface area contributed by atoms with Crippen molar-refractivity contribution in [3.8, 4) is 0 Å². The summed E-state index contributed by atoms with van der Waals surface area (Å²) in [4.78, 5) is 39.3. The molecule has 0 bridgehead atoms. The van der Waals surface area contributed by atoms with E-state index in [4.69, 9.17) is 0 Å². The number of anilines is 1. The third-order valence-corrected chi connectivity index (χ3v) is 5.43. The van der Waals surface area contributed by atoms with Crippen LogP contribution in [0.5, 0.6) is 0 Å². The van der Waals surface area contributed by atoms with Gasteiger partial charge in [0.1, 0.15) is 17.0 Å². The lowest BCUT2D eigenvalue weighted by atomic mass is 10.1. The van der Waals surface area contributed by atoms with E-state index in [-0.39, 0.29) is 22.7 Å². The van der Waals surface area contributed by atoms with Gasteiger partial charge in [-0.3, -0.25) is 14.5 Å². The molecule has 0 aliphatic carbocycles. The molecule has 31 heavy (non-hydrogen) atoms. The molecule has 1 aromatic carbocycles. The lowest BCUT2D eigenvalue weighted by Crippen LogP contribution is -2.46. The third kappa shape index (κ3) is 4.56. The highest BCUT2D eigenvalue weighted by atomic mass is 19.1. The Hall–Kier alpha value is -3.33. The minimum absolute atomic E-state index is 0.124. The fourth-order valence-corrected chi connectivity index (χ4v) is 3.75. The average Bonchev–Trinajstić information content (AvgIpc) is 2.76. The van der Waals surface area contributed by atoms with E-state index in [1.54, 1.807) is 25.3 Å². The highest BCUT2D eigenvalue weighted by molar-refractivity contribution is 5.94. The zero-order valence-electron chi connectivity index (χ0n) is 17.6. The van der Waals surface area contributed by atoms with Crippen LogP contribution in [-0.4, -0.2) is 58.5 Å². The first kappa shape index (κ1) is 20.9. The van der Waals surface area contributed by atoms with Gasteiger partial charge >= 0.3 is 0 Å². The Morgan fingerprint density at radius 1 is 1.23 bits per heavy atom. The second-order valence-corrected chi connectivity index (χ2v) is 7.65. The van der Waals surface area contributed by atoms with E-state index < -0.39 is 5.82 Å². The van der Waals surface area contributed by atoms with Gasteiger partial charge in [-0.25, -0.2) is 14.4 Å². The van der Waals surface area contributed by atoms with E-state index >= 15 is 0 Å². The van der Waals surface area contributed by atoms with E-state index in [1.165, 1.54) is 6.07 Å². The van der Waals surface area contributed by atoms with E-state index in [2.05, 4.69) is 30.1 Å². The largest absolute Gasteiger partial charge is 0.354 e. The van der Waals surface area contributed by atoms with Crippen LogP contribution in [0, 0.1) is 12.7 Å². The van der Waals surface area contributed by atoms with Crippen molar-refractivity contribution in [1.29, 1.82) is 0 Å². The van der Waals surface area contributed by atoms with Crippen LogP contribution in [-0.2, 0) is 6.54 Å². The summed E-state index contributed by atoms with van der Waals surface area (Å²) in [7, 11) is 0. The molecular weight excluding hydrogens is 399 g/mol. The molecule has 9 heteroatoms. The number of carbonyl (C=O) groups excluding carboxylic acids is 1. The molecular formula is C22H25FN6O2. The van der Waals surface area contributed by atoms with Crippen molar-refractivity contribution < 1.29 is 9.18 Å². The predicted octanol–water partition coefficient (Wildman–Crippen LogP) is 1.84. The normalized spacial score (nSPS) is 14.7. The fourth-order valence-electron chi connectivity index (χ4n) is 3.75. The Bertz CT molecular complexity index is 1150. The van der Waals surface area contributed by atoms with Crippen LogP contribution in [0.2, 0.25) is 0 Å². The summed E-state index contributed by atoms with van der Waals surface area (Å²) in [6, 6.07) is 6.93. The SMILES string of the molecule is CCNC(=O)c1ccc(N2CCN(Cc3cc(F)c4nc(C)c(=O)[nH]c4c3)CC2)nc1. The number of halogens is 1. The molecule has 1 amide bonds. The number of aromatic nitrogens is 3. The number of hydrogen-bond acceptors (Lipinski definition) is 6. The lowest BCUT2D eigenvalue weighted by molar-refractivity contribution is 0.0955. The van der Waals surface area contributed by atoms with Crippen LogP contribution in [0.15, 0.2) is 35.3 Å². The standard InChI is InChI=1S/C22H25FN6O2/c1-3-24-22(31)16-4-5-19(25-12-16)29-8-6-28(7-9-29)13-15-10-17(23)20-18(11-15)27-21(30)14(2)26-20/h4-5,10-12H,3,6-9,13H2,1-2H3,(H,24,31)(H,27,30). The van der Waals surface area contributed by atoms with Gasteiger partial charge in [-0.1, -0.05) is 0 Å². The Morgan fingerprint density at radius 2 is 2.00 bits per heavy atom. The lowest BCUT2D eigenvalue weighted by Gasteiger charge is -2.35. The van der Waals surface area contributed by atoms with Gasteiger partial charge in [0, 0.05) is 45.5 Å². The van der Waals surface area contributed by atoms with Gasteiger partial charge in [0.15, 0.2) is 5.82 Å². The van der Waals surface area contributed by atoms with Gasteiger partial charge in [-0.2, -0.15) is 0 Å². The predicted molar refractivity (Wildman–Crippen MR) is 117 cm³/mol. The number of benzene rings is 1. The van der Waals surface area contributed by atoms with Gasteiger partial charge in [0.05, 0.1) is 11.1 Å². The van der Waals surface area contributed by atoms with E-state index in [1.807, 2.05) is 13.0 Å². The second-order valence-electron chi connectivity index (χ2n) is 7.65. The number of fused-ring (bicyclic) bond motifs is 1. The van der Waals surface area contributed by atoms with Crippen LogP contribution in [0.4, 0.5) is 10.2 Å². The van der Waals surface area contributed by atoms with Crippen LogP contribution in [0.3, 0.4) is 0 Å². The number of hydrogen-bond donors (Lipinski definition) is 2. The number of rotatable bonds is 5. The molecule has 3 aromatic rings. The van der Waals surface area contributed by atoms with Gasteiger partial charge < -0.3 is 15.2 Å². The molecule has 0 spiro atoms. The van der Waals surface area contributed by atoms with E-state index in [9.17, 15) is 14.0 Å². The zero-order chi connectivity index (χ0) is 22.0. The summed E-state index contributed by atoms with van der Waals surface area (Å²) < 4.78 is 14.5. The molecule has 2 aromatic heterocycles. The molecule has 1 fully saturated rings. The minimum atomic E-state index is -0.429. The second kappa shape index (κ2) is 8.81. The maximum atomic E-state index is 14.5. The molecule has 8 nitrogen and oxygen atoms in total. The van der Waals surface area contributed by atoms with Crippen LogP contribution in [0.25, 0.3) is 11.0 Å². The minimum Gasteiger partial charge on any atom is -0.354 e. The molecule has 0 radical (unpaired) electrons. The summed E-state index contributed by atoms with van der Waals surface area (Å²) >= 11 is 0. The molecule has 0 unspecified atom stereocenters. The summed E-state index contributed by atoms with van der Waals surface area (Å²) in [5, 5.41) is 2.76. The summed E-state index contributed by atoms with van der Waals surface area (Å²) in [6.45, 7) is 7.75. The highest BCUT2D eigenvalue weighted by Gasteiger charge is 2.19. The molecule has 1 aliphatic heterocycles. The number of nitrogens with zero attached hydrogens (tertiary/aromatic N) is 4. The van der Waals surface area contributed by atoms with Crippen molar-refractivity contribution in [1.82, 2.24) is 25.2 Å². The Labute approximate surface area is 179 Å². The quantitative estimate of drug-likeness (QED) is 0.649. The third-order valence-electron chi connectivity index (χ3n) is 5.43. The number of aryl methyl sites for hydroxylation is 1. The number of aromatic amines is 1. The first-order valence-electron chi connectivity index (χ1n) is 10.3. The van der Waals surface area contributed by atoms with Gasteiger partial charge in [0.25, 0.3) is 11.5 Å². The number of nitrogens with one attached hydrogen (secondary N) is 2. The van der Waals surface area contributed by atoms with Gasteiger partial charge in [-0.15, -0.1) is 0 Å². The van der Waals surface area contributed by atoms with Gasteiger partial charge in [-0.05, 0) is 43.7 Å². The maximum absolute atomic E-state index is 14.5. The van der Waals surface area contributed by atoms with Crippen molar-refractivity contribution in [2.24, 2.45) is 0 Å². The number of carbonyl (C=O) groups is 1. The summed E-state index contributed by atoms with van der Waals surface area (Å²) in [5.74, 6) is 0.283.